The van der Waals surface area contributed by atoms with E-state index in [2.05, 4.69) is 24.0 Å². The van der Waals surface area contributed by atoms with Crippen LogP contribution in [0.2, 0.25) is 0 Å². The number of hydrogen-bond donors (Lipinski definition) is 0. The van der Waals surface area contributed by atoms with Gasteiger partial charge in [-0.2, -0.15) is 0 Å². The maximum Gasteiger partial charge on any atom is 0.135 e. The molecule has 0 atom stereocenters. The Morgan fingerprint density at radius 2 is 1.90 bits per heavy atom. The van der Waals surface area contributed by atoms with E-state index in [9.17, 15) is 0 Å². The third kappa shape index (κ3) is 1.03. The standard InChI is InChI=1S/C7H13N3/c1-5(2)7-9-8-6(3)10(7)4/h5H,1-4H3. The predicted octanol–water partition coefficient (Wildman–Crippen LogP) is 1.25. The van der Waals surface area contributed by atoms with Crippen molar-refractivity contribution in [1.29, 1.82) is 0 Å². The van der Waals surface area contributed by atoms with Crippen molar-refractivity contribution in [3.63, 3.8) is 0 Å². The van der Waals surface area contributed by atoms with Crippen molar-refractivity contribution in [2.75, 3.05) is 0 Å². The van der Waals surface area contributed by atoms with E-state index in [1.165, 1.54) is 0 Å². The molecular formula is C7H13N3. The van der Waals surface area contributed by atoms with Gasteiger partial charge in [-0.15, -0.1) is 10.2 Å². The SMILES string of the molecule is Cc1nnc(C(C)C)n1C. The van der Waals surface area contributed by atoms with Gasteiger partial charge in [-0.05, 0) is 6.92 Å². The van der Waals surface area contributed by atoms with Gasteiger partial charge in [0.25, 0.3) is 0 Å². The van der Waals surface area contributed by atoms with E-state index in [0.717, 1.165) is 11.6 Å². The molecule has 0 N–H and O–H groups in total. The van der Waals surface area contributed by atoms with Gasteiger partial charge in [-0.3, -0.25) is 0 Å². The Morgan fingerprint density at radius 1 is 1.30 bits per heavy atom. The summed E-state index contributed by atoms with van der Waals surface area (Å²) in [5.41, 5.74) is 0. The summed E-state index contributed by atoms with van der Waals surface area (Å²) >= 11 is 0. The van der Waals surface area contributed by atoms with Crippen molar-refractivity contribution in [3.8, 4) is 0 Å². The van der Waals surface area contributed by atoms with Crippen LogP contribution in [0.15, 0.2) is 0 Å². The third-order valence-corrected chi connectivity index (χ3v) is 1.64. The molecule has 0 spiro atoms. The van der Waals surface area contributed by atoms with Crippen LogP contribution in [-0.4, -0.2) is 14.8 Å². The second-order valence-corrected chi connectivity index (χ2v) is 2.82. The normalized spacial score (nSPS) is 10.9. The van der Waals surface area contributed by atoms with Crippen LogP contribution >= 0.6 is 0 Å². The number of rotatable bonds is 1. The highest BCUT2D eigenvalue weighted by Crippen LogP contribution is 2.10. The van der Waals surface area contributed by atoms with E-state index in [-0.39, 0.29) is 0 Å². The van der Waals surface area contributed by atoms with E-state index in [1.807, 2.05) is 18.5 Å². The molecule has 3 heteroatoms. The molecule has 0 bridgehead atoms. The average Bonchev–Trinajstić information content (AvgIpc) is 2.14. The van der Waals surface area contributed by atoms with Crippen molar-refractivity contribution in [2.24, 2.45) is 7.05 Å². The fourth-order valence-electron chi connectivity index (χ4n) is 0.926. The predicted molar refractivity (Wildman–Crippen MR) is 39.8 cm³/mol. The Bertz CT molecular complexity index is 225. The van der Waals surface area contributed by atoms with Crippen molar-refractivity contribution < 1.29 is 0 Å². The van der Waals surface area contributed by atoms with E-state index < -0.39 is 0 Å². The highest BCUT2D eigenvalue weighted by atomic mass is 15.3. The van der Waals surface area contributed by atoms with Gasteiger partial charge in [0.1, 0.15) is 11.6 Å². The lowest BCUT2D eigenvalue weighted by molar-refractivity contribution is 0.700. The van der Waals surface area contributed by atoms with Gasteiger partial charge in [0.05, 0.1) is 0 Å². The quantitative estimate of drug-likeness (QED) is 0.586. The molecule has 3 nitrogen and oxygen atoms in total. The molecule has 1 heterocycles. The lowest BCUT2D eigenvalue weighted by atomic mass is 10.2. The number of nitrogens with zero attached hydrogens (tertiary/aromatic N) is 3. The van der Waals surface area contributed by atoms with E-state index in [1.54, 1.807) is 0 Å². The number of aromatic nitrogens is 3. The number of aryl methyl sites for hydroxylation is 1. The molecule has 0 aliphatic heterocycles. The van der Waals surface area contributed by atoms with Crippen LogP contribution in [0, 0.1) is 6.92 Å². The molecule has 10 heavy (non-hydrogen) atoms. The molecule has 0 fully saturated rings. The topological polar surface area (TPSA) is 30.7 Å². The zero-order valence-electron chi connectivity index (χ0n) is 6.92. The highest BCUT2D eigenvalue weighted by Gasteiger charge is 2.07. The van der Waals surface area contributed by atoms with Gasteiger partial charge in [-0.1, -0.05) is 13.8 Å². The minimum Gasteiger partial charge on any atom is -0.318 e. The summed E-state index contributed by atoms with van der Waals surface area (Å²) in [5.74, 6) is 2.49. The zero-order chi connectivity index (χ0) is 7.72. The summed E-state index contributed by atoms with van der Waals surface area (Å²) in [6.45, 7) is 6.19. The van der Waals surface area contributed by atoms with Crippen molar-refractivity contribution >= 4 is 0 Å². The smallest absolute Gasteiger partial charge is 0.135 e. The summed E-state index contributed by atoms with van der Waals surface area (Å²) in [6, 6.07) is 0. The molecule has 0 saturated heterocycles. The molecule has 56 valence electrons. The molecule has 1 rings (SSSR count). The molecule has 0 aromatic carbocycles. The maximum atomic E-state index is 4.03. The van der Waals surface area contributed by atoms with Crippen LogP contribution in [-0.2, 0) is 7.05 Å². The first-order chi connectivity index (χ1) is 4.63. The average molecular weight is 139 g/mol. The minimum absolute atomic E-state index is 0.464. The molecule has 0 aliphatic carbocycles. The van der Waals surface area contributed by atoms with Gasteiger partial charge >= 0.3 is 0 Å². The van der Waals surface area contributed by atoms with E-state index in [0.29, 0.717) is 5.92 Å². The molecule has 0 aliphatic rings. The molecule has 0 amide bonds. The van der Waals surface area contributed by atoms with Crippen molar-refractivity contribution in [2.45, 2.75) is 26.7 Å². The first-order valence-corrected chi connectivity index (χ1v) is 3.49. The molecule has 0 saturated carbocycles. The lowest BCUT2D eigenvalue weighted by Crippen LogP contribution is -2.00. The first kappa shape index (κ1) is 7.25. The number of hydrogen-bond acceptors (Lipinski definition) is 2. The lowest BCUT2D eigenvalue weighted by Gasteiger charge is -2.02. The van der Waals surface area contributed by atoms with Gasteiger partial charge in [0.2, 0.25) is 0 Å². The summed E-state index contributed by atoms with van der Waals surface area (Å²) in [5, 5.41) is 7.98. The molecule has 0 radical (unpaired) electrons. The van der Waals surface area contributed by atoms with Gasteiger partial charge in [-0.25, -0.2) is 0 Å². The van der Waals surface area contributed by atoms with Crippen LogP contribution < -0.4 is 0 Å². The van der Waals surface area contributed by atoms with Crippen LogP contribution in [0.5, 0.6) is 0 Å². The second-order valence-electron chi connectivity index (χ2n) is 2.82. The van der Waals surface area contributed by atoms with E-state index in [4.69, 9.17) is 0 Å². The Labute approximate surface area is 61.1 Å². The first-order valence-electron chi connectivity index (χ1n) is 3.49. The molecule has 1 aromatic heterocycles. The molecular weight excluding hydrogens is 126 g/mol. The Morgan fingerprint density at radius 3 is 2.10 bits per heavy atom. The van der Waals surface area contributed by atoms with Crippen LogP contribution in [0.25, 0.3) is 0 Å². The molecule has 1 aromatic rings. The Kier molecular flexibility index (Phi) is 1.74. The van der Waals surface area contributed by atoms with Crippen molar-refractivity contribution in [3.05, 3.63) is 11.6 Å². The second kappa shape index (κ2) is 2.40. The summed E-state index contributed by atoms with van der Waals surface area (Å²) < 4.78 is 2.02. The summed E-state index contributed by atoms with van der Waals surface area (Å²) in [4.78, 5) is 0. The van der Waals surface area contributed by atoms with Gasteiger partial charge < -0.3 is 4.57 Å². The molecule has 0 unspecified atom stereocenters. The van der Waals surface area contributed by atoms with Crippen LogP contribution in [0.1, 0.15) is 31.4 Å². The van der Waals surface area contributed by atoms with Gasteiger partial charge in [0, 0.05) is 13.0 Å². The van der Waals surface area contributed by atoms with Gasteiger partial charge in [0.15, 0.2) is 0 Å². The Balaban J connectivity index is 3.05. The highest BCUT2D eigenvalue weighted by molar-refractivity contribution is 4.96. The fourth-order valence-corrected chi connectivity index (χ4v) is 0.926. The van der Waals surface area contributed by atoms with Crippen molar-refractivity contribution in [1.82, 2.24) is 14.8 Å². The monoisotopic (exact) mass is 139 g/mol. The fraction of sp³-hybridized carbons (Fsp3) is 0.714. The van der Waals surface area contributed by atoms with Crippen LogP contribution in [0.4, 0.5) is 0 Å². The minimum atomic E-state index is 0.464. The zero-order valence-corrected chi connectivity index (χ0v) is 6.92. The summed E-state index contributed by atoms with van der Waals surface area (Å²) in [7, 11) is 1.99. The van der Waals surface area contributed by atoms with Crippen LogP contribution in [0.3, 0.4) is 0 Å². The summed E-state index contributed by atoms with van der Waals surface area (Å²) in [6.07, 6.45) is 0. The Hall–Kier alpha value is -0.860. The maximum absolute atomic E-state index is 4.03. The third-order valence-electron chi connectivity index (χ3n) is 1.64. The van der Waals surface area contributed by atoms with E-state index >= 15 is 0 Å². The largest absolute Gasteiger partial charge is 0.318 e.